The SMILES string of the molecule is O=C(Cl)OC(CN1CCCC(COc2ccc(F)cc2)C1)C(F)(F)F. The molecule has 0 aromatic heterocycles. The Morgan fingerprint density at radius 1 is 1.32 bits per heavy atom. The van der Waals surface area contributed by atoms with Gasteiger partial charge in [0.05, 0.1) is 6.61 Å². The summed E-state index contributed by atoms with van der Waals surface area (Å²) < 4.78 is 61.3. The lowest BCUT2D eigenvalue weighted by Crippen LogP contribution is -2.47. The number of halogens is 5. The van der Waals surface area contributed by atoms with E-state index < -0.39 is 24.3 Å². The lowest BCUT2D eigenvalue weighted by molar-refractivity contribution is -0.206. The first-order chi connectivity index (χ1) is 11.7. The summed E-state index contributed by atoms with van der Waals surface area (Å²) in [7, 11) is 0. The van der Waals surface area contributed by atoms with Crippen LogP contribution in [0.5, 0.6) is 5.75 Å². The number of carbonyl (C=O) groups excluding carboxylic acids is 1. The minimum absolute atomic E-state index is 0.0272. The minimum atomic E-state index is -4.68. The van der Waals surface area contributed by atoms with E-state index in [-0.39, 0.29) is 11.7 Å². The maximum Gasteiger partial charge on any atom is 0.426 e. The molecule has 0 N–H and O–H groups in total. The van der Waals surface area contributed by atoms with Crippen LogP contribution in [0.4, 0.5) is 22.4 Å². The first-order valence-electron chi connectivity index (χ1n) is 7.77. The second-order valence-electron chi connectivity index (χ2n) is 5.92. The van der Waals surface area contributed by atoms with Gasteiger partial charge in [-0.1, -0.05) is 0 Å². The molecule has 9 heteroatoms. The Bertz CT molecular complexity index is 567. The monoisotopic (exact) mass is 383 g/mol. The van der Waals surface area contributed by atoms with E-state index in [9.17, 15) is 22.4 Å². The van der Waals surface area contributed by atoms with Crippen molar-refractivity contribution in [1.29, 1.82) is 0 Å². The van der Waals surface area contributed by atoms with Crippen molar-refractivity contribution in [3.05, 3.63) is 30.1 Å². The van der Waals surface area contributed by atoms with Gasteiger partial charge >= 0.3 is 11.6 Å². The predicted molar refractivity (Wildman–Crippen MR) is 83.2 cm³/mol. The Balaban J connectivity index is 1.86. The molecule has 0 bridgehead atoms. The summed E-state index contributed by atoms with van der Waals surface area (Å²) in [4.78, 5) is 12.3. The molecule has 4 nitrogen and oxygen atoms in total. The average molecular weight is 384 g/mol. The Labute approximate surface area is 147 Å². The molecule has 0 aliphatic carbocycles. The fraction of sp³-hybridized carbons (Fsp3) is 0.562. The van der Waals surface area contributed by atoms with Gasteiger partial charge in [-0.2, -0.15) is 13.2 Å². The highest BCUT2D eigenvalue weighted by Gasteiger charge is 2.44. The summed E-state index contributed by atoms with van der Waals surface area (Å²) in [5.74, 6) is 0.158. The molecule has 1 heterocycles. The molecule has 0 radical (unpaired) electrons. The van der Waals surface area contributed by atoms with Crippen molar-refractivity contribution in [2.75, 3.05) is 26.2 Å². The van der Waals surface area contributed by atoms with Gasteiger partial charge in [-0.25, -0.2) is 9.18 Å². The van der Waals surface area contributed by atoms with E-state index >= 15 is 0 Å². The molecular weight excluding hydrogens is 366 g/mol. The van der Waals surface area contributed by atoms with E-state index in [1.165, 1.54) is 24.3 Å². The van der Waals surface area contributed by atoms with Crippen LogP contribution in [-0.2, 0) is 4.74 Å². The van der Waals surface area contributed by atoms with Gasteiger partial charge in [-0.05, 0) is 43.7 Å². The maximum absolute atomic E-state index is 12.9. The van der Waals surface area contributed by atoms with Crippen LogP contribution >= 0.6 is 11.6 Å². The molecule has 0 amide bonds. The second-order valence-corrected chi connectivity index (χ2v) is 6.23. The van der Waals surface area contributed by atoms with Crippen LogP contribution in [-0.4, -0.2) is 48.8 Å². The third kappa shape index (κ3) is 6.70. The van der Waals surface area contributed by atoms with Gasteiger partial charge in [-0.15, -0.1) is 0 Å². The molecule has 2 atom stereocenters. The zero-order chi connectivity index (χ0) is 18.4. The maximum atomic E-state index is 12.9. The molecule has 1 saturated heterocycles. The highest BCUT2D eigenvalue weighted by atomic mass is 35.5. The average Bonchev–Trinajstić information content (AvgIpc) is 2.53. The van der Waals surface area contributed by atoms with Crippen molar-refractivity contribution >= 4 is 17.0 Å². The summed E-state index contributed by atoms with van der Waals surface area (Å²) in [5, 5.41) is 0. The Morgan fingerprint density at radius 2 is 2.00 bits per heavy atom. The number of rotatable bonds is 6. The van der Waals surface area contributed by atoms with Crippen LogP contribution in [0.25, 0.3) is 0 Å². The zero-order valence-corrected chi connectivity index (χ0v) is 14.0. The van der Waals surface area contributed by atoms with E-state index in [2.05, 4.69) is 4.74 Å². The number of ether oxygens (including phenoxy) is 2. The van der Waals surface area contributed by atoms with Crippen LogP contribution in [0, 0.1) is 11.7 Å². The standard InChI is InChI=1S/C16H18ClF4NO3/c17-15(23)25-14(16(19,20)21)9-22-7-1-2-11(8-22)10-24-13-5-3-12(18)4-6-13/h3-6,11,14H,1-2,7-10H2. The van der Waals surface area contributed by atoms with Gasteiger partial charge in [0.2, 0.25) is 6.10 Å². The lowest BCUT2D eigenvalue weighted by Gasteiger charge is -2.34. The molecule has 1 aliphatic rings. The van der Waals surface area contributed by atoms with E-state index in [0.29, 0.717) is 31.9 Å². The van der Waals surface area contributed by atoms with E-state index in [1.807, 2.05) is 0 Å². The Morgan fingerprint density at radius 3 is 2.60 bits per heavy atom. The van der Waals surface area contributed by atoms with Crippen molar-refractivity contribution < 1.29 is 31.8 Å². The third-order valence-electron chi connectivity index (χ3n) is 3.93. The number of hydrogen-bond donors (Lipinski definition) is 0. The highest BCUT2D eigenvalue weighted by molar-refractivity contribution is 6.61. The van der Waals surface area contributed by atoms with Crippen LogP contribution in [0.2, 0.25) is 0 Å². The molecular formula is C16H18ClF4NO3. The molecule has 1 aliphatic heterocycles. The molecule has 140 valence electrons. The van der Waals surface area contributed by atoms with Crippen LogP contribution < -0.4 is 4.74 Å². The van der Waals surface area contributed by atoms with Gasteiger partial charge in [0.25, 0.3) is 0 Å². The molecule has 0 spiro atoms. The normalized spacial score (nSPS) is 20.1. The molecule has 1 fully saturated rings. The smallest absolute Gasteiger partial charge is 0.426 e. The van der Waals surface area contributed by atoms with Gasteiger partial charge in [-0.3, -0.25) is 4.90 Å². The number of nitrogens with zero attached hydrogens (tertiary/aromatic N) is 1. The summed E-state index contributed by atoms with van der Waals surface area (Å²) in [5.41, 5.74) is -1.48. The number of hydrogen-bond acceptors (Lipinski definition) is 4. The number of alkyl halides is 3. The van der Waals surface area contributed by atoms with Crippen molar-refractivity contribution in [3.8, 4) is 5.75 Å². The number of benzene rings is 1. The molecule has 1 aromatic rings. The van der Waals surface area contributed by atoms with Gasteiger partial charge in [0.15, 0.2) is 0 Å². The second kappa shape index (κ2) is 8.71. The lowest BCUT2D eigenvalue weighted by atomic mass is 9.98. The molecule has 1 aromatic carbocycles. The first kappa shape index (κ1) is 19.8. The summed E-state index contributed by atoms with van der Waals surface area (Å²) in [6.07, 6.45) is -5.42. The van der Waals surface area contributed by atoms with Crippen LogP contribution in [0.15, 0.2) is 24.3 Å². The fourth-order valence-corrected chi connectivity index (χ4v) is 2.86. The number of likely N-dealkylation sites (tertiary alicyclic amines) is 1. The largest absolute Gasteiger partial charge is 0.493 e. The summed E-state index contributed by atoms with van der Waals surface area (Å²) >= 11 is 4.93. The van der Waals surface area contributed by atoms with E-state index in [4.69, 9.17) is 16.3 Å². The number of carbonyl (C=O) groups is 1. The van der Waals surface area contributed by atoms with E-state index in [0.717, 1.165) is 6.42 Å². The fourth-order valence-electron chi connectivity index (χ4n) is 2.75. The topological polar surface area (TPSA) is 38.8 Å². The Kier molecular flexibility index (Phi) is 6.89. The summed E-state index contributed by atoms with van der Waals surface area (Å²) in [6.45, 7) is 0.705. The minimum Gasteiger partial charge on any atom is -0.493 e. The quantitative estimate of drug-likeness (QED) is 0.544. The number of piperidine rings is 1. The third-order valence-corrected chi connectivity index (χ3v) is 4.02. The summed E-state index contributed by atoms with van der Waals surface area (Å²) in [6, 6.07) is 5.54. The van der Waals surface area contributed by atoms with Crippen molar-refractivity contribution in [1.82, 2.24) is 4.90 Å². The van der Waals surface area contributed by atoms with Gasteiger partial charge < -0.3 is 9.47 Å². The molecule has 2 rings (SSSR count). The Hall–Kier alpha value is -1.54. The molecule has 25 heavy (non-hydrogen) atoms. The molecule has 2 unspecified atom stereocenters. The first-order valence-corrected chi connectivity index (χ1v) is 8.15. The molecule has 0 saturated carbocycles. The van der Waals surface area contributed by atoms with Crippen molar-refractivity contribution in [2.45, 2.75) is 25.1 Å². The van der Waals surface area contributed by atoms with E-state index in [1.54, 1.807) is 4.90 Å². The zero-order valence-electron chi connectivity index (χ0n) is 13.3. The predicted octanol–water partition coefficient (Wildman–Crippen LogP) is 4.22. The highest BCUT2D eigenvalue weighted by Crippen LogP contribution is 2.26. The van der Waals surface area contributed by atoms with Crippen molar-refractivity contribution in [2.24, 2.45) is 5.92 Å². The van der Waals surface area contributed by atoms with Crippen LogP contribution in [0.3, 0.4) is 0 Å². The van der Waals surface area contributed by atoms with Gasteiger partial charge in [0.1, 0.15) is 11.6 Å². The van der Waals surface area contributed by atoms with Gasteiger partial charge in [0, 0.05) is 30.6 Å². The van der Waals surface area contributed by atoms with Crippen molar-refractivity contribution in [3.63, 3.8) is 0 Å². The van der Waals surface area contributed by atoms with Crippen LogP contribution in [0.1, 0.15) is 12.8 Å².